The standard InChI is InChI=1S/C25H28ClN3O3/c1-32-23(30)18-6-8-21(9-7-18)28-14-3-15-29(24(28)31)22-10-12-25(17-27,13-11-22)19-4-2-5-20(26)16-19/h2-9,14,16,22H,10-13,15,17,27H2,1H3. The van der Waals surface area contributed by atoms with Gasteiger partial charge < -0.3 is 15.4 Å². The van der Waals surface area contributed by atoms with Crippen molar-refractivity contribution in [2.75, 3.05) is 25.1 Å². The van der Waals surface area contributed by atoms with Crippen LogP contribution in [-0.4, -0.2) is 43.1 Å². The molecule has 0 bridgehead atoms. The lowest BCUT2D eigenvalue weighted by Gasteiger charge is -2.45. The maximum absolute atomic E-state index is 13.3. The van der Waals surface area contributed by atoms with Crippen molar-refractivity contribution in [3.05, 3.63) is 77.0 Å². The van der Waals surface area contributed by atoms with E-state index in [1.807, 2.05) is 29.2 Å². The minimum Gasteiger partial charge on any atom is -0.465 e. The van der Waals surface area contributed by atoms with E-state index in [1.165, 1.54) is 12.7 Å². The Kier molecular flexibility index (Phi) is 6.53. The molecule has 2 aliphatic rings. The minimum absolute atomic E-state index is 0.0497. The number of ether oxygens (including phenoxy) is 1. The van der Waals surface area contributed by atoms with E-state index < -0.39 is 5.97 Å². The Bertz CT molecular complexity index is 1010. The molecule has 2 amide bonds. The Hall–Kier alpha value is -2.83. The lowest BCUT2D eigenvalue weighted by atomic mass is 9.68. The smallest absolute Gasteiger partial charge is 0.337 e. The third-order valence-corrected chi connectivity index (χ3v) is 6.99. The molecule has 168 valence electrons. The van der Waals surface area contributed by atoms with Gasteiger partial charge in [0, 0.05) is 35.8 Å². The van der Waals surface area contributed by atoms with E-state index in [0.717, 1.165) is 36.4 Å². The van der Waals surface area contributed by atoms with Crippen molar-refractivity contribution < 1.29 is 14.3 Å². The molecule has 1 aliphatic heterocycles. The second-order valence-electron chi connectivity index (χ2n) is 8.45. The third kappa shape index (κ3) is 4.25. The zero-order valence-corrected chi connectivity index (χ0v) is 18.9. The average molecular weight is 454 g/mol. The number of benzene rings is 2. The second-order valence-corrected chi connectivity index (χ2v) is 8.89. The molecule has 1 saturated carbocycles. The number of nitrogens with two attached hydrogens (primary N) is 1. The summed E-state index contributed by atoms with van der Waals surface area (Å²) in [6, 6.07) is 14.9. The molecule has 1 fully saturated rings. The van der Waals surface area contributed by atoms with Crippen LogP contribution in [0, 0.1) is 0 Å². The molecule has 6 nitrogen and oxygen atoms in total. The number of amides is 2. The number of rotatable bonds is 5. The summed E-state index contributed by atoms with van der Waals surface area (Å²) in [5.41, 5.74) is 8.49. The van der Waals surface area contributed by atoms with E-state index in [-0.39, 0.29) is 17.5 Å². The van der Waals surface area contributed by atoms with Crippen LogP contribution in [0.5, 0.6) is 0 Å². The molecule has 0 unspecified atom stereocenters. The van der Waals surface area contributed by atoms with Gasteiger partial charge in [-0.1, -0.05) is 23.7 Å². The van der Waals surface area contributed by atoms with Gasteiger partial charge in [-0.2, -0.15) is 0 Å². The van der Waals surface area contributed by atoms with E-state index >= 15 is 0 Å². The fourth-order valence-electron chi connectivity index (χ4n) is 4.82. The van der Waals surface area contributed by atoms with Crippen molar-refractivity contribution in [1.29, 1.82) is 0 Å². The number of hydrogen-bond donors (Lipinski definition) is 1. The fraction of sp³-hybridized carbons (Fsp3) is 0.360. The van der Waals surface area contributed by atoms with Crippen LogP contribution in [0.15, 0.2) is 60.8 Å². The van der Waals surface area contributed by atoms with Gasteiger partial charge in [0.1, 0.15) is 0 Å². The lowest BCUT2D eigenvalue weighted by Crippen LogP contribution is -2.52. The predicted molar refractivity (Wildman–Crippen MR) is 126 cm³/mol. The number of hydrogen-bond acceptors (Lipinski definition) is 4. The van der Waals surface area contributed by atoms with Crippen molar-refractivity contribution in [2.24, 2.45) is 5.73 Å². The number of halogens is 1. The highest BCUT2D eigenvalue weighted by Crippen LogP contribution is 2.41. The van der Waals surface area contributed by atoms with Crippen molar-refractivity contribution in [2.45, 2.75) is 37.1 Å². The molecular weight excluding hydrogens is 426 g/mol. The molecule has 0 spiro atoms. The van der Waals surface area contributed by atoms with Crippen LogP contribution in [-0.2, 0) is 10.2 Å². The number of anilines is 1. The van der Waals surface area contributed by atoms with Crippen molar-refractivity contribution in [3.63, 3.8) is 0 Å². The summed E-state index contributed by atoms with van der Waals surface area (Å²) in [5, 5.41) is 0.725. The molecule has 0 atom stereocenters. The number of carbonyl (C=O) groups is 2. The maximum Gasteiger partial charge on any atom is 0.337 e. The summed E-state index contributed by atoms with van der Waals surface area (Å²) >= 11 is 6.23. The summed E-state index contributed by atoms with van der Waals surface area (Å²) < 4.78 is 4.75. The normalized spacial score (nSPS) is 23.3. The van der Waals surface area contributed by atoms with Crippen molar-refractivity contribution in [3.8, 4) is 0 Å². The van der Waals surface area contributed by atoms with Gasteiger partial charge in [-0.25, -0.2) is 9.59 Å². The van der Waals surface area contributed by atoms with E-state index in [1.54, 1.807) is 35.4 Å². The first-order chi connectivity index (χ1) is 15.5. The number of nitrogens with zero attached hydrogens (tertiary/aromatic N) is 2. The molecule has 32 heavy (non-hydrogen) atoms. The molecule has 2 aromatic rings. The van der Waals surface area contributed by atoms with Gasteiger partial charge in [-0.05, 0) is 73.7 Å². The maximum atomic E-state index is 13.3. The highest BCUT2D eigenvalue weighted by atomic mass is 35.5. The average Bonchev–Trinajstić information content (AvgIpc) is 2.84. The molecule has 1 heterocycles. The molecule has 2 aromatic carbocycles. The van der Waals surface area contributed by atoms with Crippen LogP contribution in [0.1, 0.15) is 41.6 Å². The van der Waals surface area contributed by atoms with Gasteiger partial charge in [0.2, 0.25) is 0 Å². The predicted octanol–water partition coefficient (Wildman–Crippen LogP) is 4.72. The summed E-state index contributed by atoms with van der Waals surface area (Å²) in [6.45, 7) is 1.15. The van der Waals surface area contributed by atoms with Gasteiger partial charge in [0.15, 0.2) is 0 Å². The third-order valence-electron chi connectivity index (χ3n) is 6.76. The van der Waals surface area contributed by atoms with Gasteiger partial charge in [0.25, 0.3) is 0 Å². The first-order valence-corrected chi connectivity index (χ1v) is 11.3. The molecule has 1 aliphatic carbocycles. The van der Waals surface area contributed by atoms with E-state index in [9.17, 15) is 9.59 Å². The Labute approximate surface area is 193 Å². The Balaban J connectivity index is 1.47. The monoisotopic (exact) mass is 453 g/mol. The van der Waals surface area contributed by atoms with E-state index in [4.69, 9.17) is 22.1 Å². The lowest BCUT2D eigenvalue weighted by molar-refractivity contribution is 0.0600. The molecule has 0 saturated heterocycles. The van der Waals surface area contributed by atoms with Crippen LogP contribution < -0.4 is 10.6 Å². The second kappa shape index (κ2) is 9.35. The van der Waals surface area contributed by atoms with Gasteiger partial charge in [-0.3, -0.25) is 4.90 Å². The fourth-order valence-corrected chi connectivity index (χ4v) is 5.01. The SMILES string of the molecule is COC(=O)c1ccc(N2C=CCN(C3CCC(CN)(c4cccc(Cl)c4)CC3)C2=O)cc1. The molecule has 7 heteroatoms. The topological polar surface area (TPSA) is 75.9 Å². The van der Waals surface area contributed by atoms with Crippen LogP contribution >= 0.6 is 11.6 Å². The van der Waals surface area contributed by atoms with E-state index in [0.29, 0.717) is 18.7 Å². The summed E-state index contributed by atoms with van der Waals surface area (Å²) in [5.74, 6) is -0.399. The summed E-state index contributed by atoms with van der Waals surface area (Å²) in [6.07, 6.45) is 7.39. The van der Waals surface area contributed by atoms with Crippen molar-refractivity contribution in [1.82, 2.24) is 4.90 Å². The molecular formula is C25H28ClN3O3. The first kappa shape index (κ1) is 22.4. The Morgan fingerprint density at radius 1 is 1.19 bits per heavy atom. The summed E-state index contributed by atoms with van der Waals surface area (Å²) in [4.78, 5) is 28.6. The number of methoxy groups -OCH3 is 1. The van der Waals surface area contributed by atoms with Crippen LogP contribution in [0.2, 0.25) is 5.02 Å². The van der Waals surface area contributed by atoms with Gasteiger partial charge in [0.05, 0.1) is 18.4 Å². The molecule has 2 N–H and O–H groups in total. The molecule has 0 aromatic heterocycles. The zero-order chi connectivity index (χ0) is 22.7. The van der Waals surface area contributed by atoms with Gasteiger partial charge in [-0.15, -0.1) is 0 Å². The van der Waals surface area contributed by atoms with Gasteiger partial charge >= 0.3 is 12.0 Å². The summed E-state index contributed by atoms with van der Waals surface area (Å²) in [7, 11) is 1.35. The number of carbonyl (C=O) groups excluding carboxylic acids is 2. The largest absolute Gasteiger partial charge is 0.465 e. The highest BCUT2D eigenvalue weighted by Gasteiger charge is 2.39. The quantitative estimate of drug-likeness (QED) is 0.664. The molecule has 0 radical (unpaired) electrons. The highest BCUT2D eigenvalue weighted by molar-refractivity contribution is 6.30. The van der Waals surface area contributed by atoms with E-state index in [2.05, 4.69) is 6.07 Å². The Morgan fingerprint density at radius 3 is 2.53 bits per heavy atom. The Morgan fingerprint density at radius 2 is 1.91 bits per heavy atom. The first-order valence-electron chi connectivity index (χ1n) is 10.9. The molecule has 4 rings (SSSR count). The van der Waals surface area contributed by atoms with Crippen LogP contribution in [0.25, 0.3) is 0 Å². The number of urea groups is 1. The van der Waals surface area contributed by atoms with Crippen molar-refractivity contribution >= 4 is 29.3 Å². The number of esters is 1. The van der Waals surface area contributed by atoms with Crippen LogP contribution in [0.3, 0.4) is 0 Å². The zero-order valence-electron chi connectivity index (χ0n) is 18.2. The minimum atomic E-state index is -0.399. The van der Waals surface area contributed by atoms with Crippen LogP contribution in [0.4, 0.5) is 10.5 Å².